The highest BCUT2D eigenvalue weighted by Gasteiger charge is 2.24. The number of amides is 1. The fourth-order valence-electron chi connectivity index (χ4n) is 4.87. The van der Waals surface area contributed by atoms with Crippen LogP contribution in [0.2, 0.25) is 0 Å². The minimum absolute atomic E-state index is 0.0233. The SMILES string of the molecule is C=C(CCc1ccccc1)CCC(NC(=C)CC(C)(C)C)C(=O)NC(CSC/C=C(\C)CC/C=C(\C)CCC=C(C)C)C(=C)O. The van der Waals surface area contributed by atoms with Gasteiger partial charge in [-0.25, -0.2) is 0 Å². The lowest BCUT2D eigenvalue weighted by Crippen LogP contribution is -2.49. The van der Waals surface area contributed by atoms with Gasteiger partial charge in [-0.15, -0.1) is 0 Å². The van der Waals surface area contributed by atoms with Gasteiger partial charge in [0.2, 0.25) is 5.91 Å². The zero-order valence-corrected chi connectivity index (χ0v) is 30.3. The number of aryl methyl sites for hydroxylation is 1. The quantitative estimate of drug-likeness (QED) is 0.0675. The molecule has 1 rings (SSSR count). The molecule has 3 N–H and O–H groups in total. The summed E-state index contributed by atoms with van der Waals surface area (Å²) in [5.41, 5.74) is 7.47. The summed E-state index contributed by atoms with van der Waals surface area (Å²) in [6.07, 6.45) is 15.1. The van der Waals surface area contributed by atoms with Crippen molar-refractivity contribution >= 4 is 17.7 Å². The van der Waals surface area contributed by atoms with E-state index >= 15 is 0 Å². The van der Waals surface area contributed by atoms with Crippen LogP contribution in [0.3, 0.4) is 0 Å². The summed E-state index contributed by atoms with van der Waals surface area (Å²) >= 11 is 1.68. The van der Waals surface area contributed by atoms with Gasteiger partial charge in [0.05, 0.1) is 6.04 Å². The third-order valence-electron chi connectivity index (χ3n) is 7.51. The highest BCUT2D eigenvalue weighted by Crippen LogP contribution is 2.23. The van der Waals surface area contributed by atoms with E-state index in [1.54, 1.807) is 11.8 Å². The van der Waals surface area contributed by atoms with Crippen LogP contribution in [0.15, 0.2) is 102 Å². The summed E-state index contributed by atoms with van der Waals surface area (Å²) < 4.78 is 0. The second kappa shape index (κ2) is 21.8. The van der Waals surface area contributed by atoms with Gasteiger partial charge >= 0.3 is 0 Å². The maximum Gasteiger partial charge on any atom is 0.243 e. The van der Waals surface area contributed by atoms with Gasteiger partial charge in [-0.3, -0.25) is 4.79 Å². The summed E-state index contributed by atoms with van der Waals surface area (Å²) in [5, 5.41) is 16.8. The Labute approximate surface area is 280 Å². The topological polar surface area (TPSA) is 61.4 Å². The third-order valence-corrected chi connectivity index (χ3v) is 8.48. The Morgan fingerprint density at radius 1 is 0.867 bits per heavy atom. The van der Waals surface area contributed by atoms with Crippen molar-refractivity contribution in [2.24, 2.45) is 5.41 Å². The first-order valence-corrected chi connectivity index (χ1v) is 17.7. The molecule has 250 valence electrons. The number of thioether (sulfide) groups is 1. The molecule has 0 saturated carbocycles. The largest absolute Gasteiger partial charge is 0.511 e. The molecule has 0 aromatic heterocycles. The van der Waals surface area contributed by atoms with Crippen molar-refractivity contribution in [2.75, 3.05) is 11.5 Å². The first-order chi connectivity index (χ1) is 21.2. The summed E-state index contributed by atoms with van der Waals surface area (Å²) in [5.74, 6) is 1.19. The molecule has 1 aromatic rings. The zero-order valence-electron chi connectivity index (χ0n) is 29.4. The van der Waals surface area contributed by atoms with E-state index in [-0.39, 0.29) is 17.1 Å². The number of aliphatic hydroxyl groups is 1. The lowest BCUT2D eigenvalue weighted by atomic mass is 9.90. The molecule has 0 bridgehead atoms. The second-order valence-electron chi connectivity index (χ2n) is 13.9. The Balaban J connectivity index is 2.68. The highest BCUT2D eigenvalue weighted by molar-refractivity contribution is 7.99. The standard InChI is InChI=1S/C40H62N2O2S/c1-30(2)16-14-17-31(3)18-15-19-32(4)26-27-45-29-38(35(7)43)42-39(44)37(41-34(6)28-40(8,9)10)25-23-33(5)22-24-36-20-12-11-13-21-36/h11-13,16,18,20-21,26,37-38,41,43H,5-7,14-15,17,19,22-25,27-29H2,1-4,8-10H3,(H,42,44)/b31-18+,32-26+. The van der Waals surface area contributed by atoms with Crippen LogP contribution in [0, 0.1) is 5.41 Å². The number of rotatable bonds is 22. The fraction of sp³-hybridized carbons (Fsp3) is 0.525. The van der Waals surface area contributed by atoms with Gasteiger partial charge in [-0.2, -0.15) is 11.8 Å². The molecule has 0 aliphatic rings. The number of nitrogens with one attached hydrogen (secondary N) is 2. The lowest BCUT2D eigenvalue weighted by molar-refractivity contribution is -0.123. The van der Waals surface area contributed by atoms with E-state index in [4.69, 9.17) is 0 Å². The van der Waals surface area contributed by atoms with Gasteiger partial charge in [0.15, 0.2) is 0 Å². The van der Waals surface area contributed by atoms with Crippen molar-refractivity contribution in [1.82, 2.24) is 10.6 Å². The molecule has 1 amide bonds. The molecule has 0 aliphatic carbocycles. The van der Waals surface area contributed by atoms with Crippen LogP contribution in [0.1, 0.15) is 105 Å². The average Bonchev–Trinajstić information content (AvgIpc) is 2.94. The van der Waals surface area contributed by atoms with E-state index in [1.807, 2.05) is 6.07 Å². The molecule has 0 fully saturated rings. The predicted octanol–water partition coefficient (Wildman–Crippen LogP) is 10.6. The Hall–Kier alpha value is -2.92. The molecule has 45 heavy (non-hydrogen) atoms. The van der Waals surface area contributed by atoms with Crippen LogP contribution in [-0.4, -0.2) is 34.6 Å². The third kappa shape index (κ3) is 20.7. The monoisotopic (exact) mass is 634 g/mol. The minimum atomic E-state index is -0.524. The van der Waals surface area contributed by atoms with Crippen molar-refractivity contribution in [1.29, 1.82) is 0 Å². The number of aliphatic hydroxyl groups excluding tert-OH is 1. The van der Waals surface area contributed by atoms with E-state index in [2.05, 4.69) is 121 Å². The first-order valence-electron chi connectivity index (χ1n) is 16.5. The Bertz CT molecular complexity index is 1170. The van der Waals surface area contributed by atoms with Crippen LogP contribution in [0.25, 0.3) is 0 Å². The van der Waals surface area contributed by atoms with E-state index in [1.165, 1.54) is 22.3 Å². The summed E-state index contributed by atoms with van der Waals surface area (Å²) in [6, 6.07) is 9.40. The smallest absolute Gasteiger partial charge is 0.243 e. The number of hydrogen-bond acceptors (Lipinski definition) is 4. The molecule has 5 heteroatoms. The molecule has 0 radical (unpaired) electrons. The molecular formula is C40H62N2O2S. The number of carbonyl (C=O) groups is 1. The molecule has 0 spiro atoms. The molecule has 1 aromatic carbocycles. The lowest BCUT2D eigenvalue weighted by Gasteiger charge is -2.27. The molecule has 2 atom stereocenters. The van der Waals surface area contributed by atoms with Crippen LogP contribution in [0.4, 0.5) is 0 Å². The zero-order chi connectivity index (χ0) is 33.8. The van der Waals surface area contributed by atoms with Gasteiger partial charge in [0.1, 0.15) is 11.8 Å². The van der Waals surface area contributed by atoms with E-state index in [9.17, 15) is 9.90 Å². The van der Waals surface area contributed by atoms with Gasteiger partial charge in [0, 0.05) is 17.2 Å². The number of hydrogen-bond donors (Lipinski definition) is 3. The molecule has 0 saturated heterocycles. The van der Waals surface area contributed by atoms with E-state index < -0.39 is 12.1 Å². The molecule has 0 heterocycles. The number of benzene rings is 1. The molecule has 0 aliphatic heterocycles. The molecule has 2 unspecified atom stereocenters. The number of allylic oxidation sites excluding steroid dienone is 7. The normalized spacial score (nSPS) is 13.5. The van der Waals surface area contributed by atoms with Crippen LogP contribution in [0.5, 0.6) is 0 Å². The van der Waals surface area contributed by atoms with Crippen molar-refractivity contribution in [3.63, 3.8) is 0 Å². The Morgan fingerprint density at radius 3 is 2.09 bits per heavy atom. The first kappa shape index (κ1) is 40.1. The van der Waals surface area contributed by atoms with Gasteiger partial charge < -0.3 is 15.7 Å². The maximum absolute atomic E-state index is 13.5. The van der Waals surface area contributed by atoms with Crippen LogP contribution < -0.4 is 10.6 Å². The Kier molecular flexibility index (Phi) is 19.4. The average molecular weight is 635 g/mol. The summed E-state index contributed by atoms with van der Waals surface area (Å²) in [6.45, 7) is 27.4. The van der Waals surface area contributed by atoms with E-state index in [0.717, 1.165) is 68.4 Å². The Morgan fingerprint density at radius 2 is 1.49 bits per heavy atom. The van der Waals surface area contributed by atoms with Crippen LogP contribution in [-0.2, 0) is 11.2 Å². The maximum atomic E-state index is 13.5. The van der Waals surface area contributed by atoms with Crippen molar-refractivity contribution < 1.29 is 9.90 Å². The number of carbonyl (C=O) groups excluding carboxylic acids is 1. The van der Waals surface area contributed by atoms with E-state index in [0.29, 0.717) is 12.2 Å². The van der Waals surface area contributed by atoms with Gasteiger partial charge in [-0.1, -0.05) is 111 Å². The van der Waals surface area contributed by atoms with Crippen molar-refractivity contribution in [3.8, 4) is 0 Å². The van der Waals surface area contributed by atoms with Crippen LogP contribution >= 0.6 is 11.8 Å². The highest BCUT2D eigenvalue weighted by atomic mass is 32.2. The minimum Gasteiger partial charge on any atom is -0.511 e. The summed E-state index contributed by atoms with van der Waals surface area (Å²) in [7, 11) is 0. The van der Waals surface area contributed by atoms with Crippen molar-refractivity contribution in [3.05, 3.63) is 108 Å². The van der Waals surface area contributed by atoms with Crippen molar-refractivity contribution in [2.45, 2.75) is 118 Å². The van der Waals surface area contributed by atoms with Gasteiger partial charge in [0.25, 0.3) is 0 Å². The predicted molar refractivity (Wildman–Crippen MR) is 200 cm³/mol. The van der Waals surface area contributed by atoms with Gasteiger partial charge in [-0.05, 0) is 96.5 Å². The fourth-order valence-corrected chi connectivity index (χ4v) is 5.91. The summed E-state index contributed by atoms with van der Waals surface area (Å²) in [4.78, 5) is 13.5. The molecular weight excluding hydrogens is 573 g/mol. The second-order valence-corrected chi connectivity index (χ2v) is 14.9. The molecule has 4 nitrogen and oxygen atoms in total.